The maximum Gasteiger partial charge on any atom is 0.0499 e. The van der Waals surface area contributed by atoms with Crippen molar-refractivity contribution >= 4 is 5.69 Å². The Kier molecular flexibility index (Phi) is 5.23. The van der Waals surface area contributed by atoms with Crippen LogP contribution in [0, 0.1) is 5.92 Å². The minimum Gasteiger partial charge on any atom is -0.384 e. The average Bonchev–Trinajstić information content (AvgIpc) is 2.39. The molecule has 0 radical (unpaired) electrons. The fourth-order valence-electron chi connectivity index (χ4n) is 2.75. The molecule has 0 aromatic heterocycles. The lowest BCUT2D eigenvalue weighted by molar-refractivity contribution is 0.158. The van der Waals surface area contributed by atoms with Crippen molar-refractivity contribution in [3.63, 3.8) is 0 Å². The summed E-state index contributed by atoms with van der Waals surface area (Å²) in [5, 5.41) is 3.51. The fourth-order valence-corrected chi connectivity index (χ4v) is 2.75. The topological polar surface area (TPSA) is 24.5 Å². The second-order valence-corrected chi connectivity index (χ2v) is 5.68. The largest absolute Gasteiger partial charge is 0.384 e. The van der Waals surface area contributed by atoms with E-state index in [2.05, 4.69) is 42.4 Å². The Morgan fingerprint density at radius 2 is 2.26 bits per heavy atom. The van der Waals surface area contributed by atoms with E-state index in [4.69, 9.17) is 4.74 Å². The molecule has 1 aliphatic heterocycles. The minimum absolute atomic E-state index is 0.564. The number of hydrogen-bond donors (Lipinski definition) is 1. The first-order valence-electron chi connectivity index (χ1n) is 7.23. The first kappa shape index (κ1) is 14.4. The molecule has 2 rings (SSSR count). The Morgan fingerprint density at radius 3 is 3.05 bits per heavy atom. The van der Waals surface area contributed by atoms with Crippen molar-refractivity contribution in [2.24, 2.45) is 5.92 Å². The van der Waals surface area contributed by atoms with Crippen molar-refractivity contribution in [3.8, 4) is 0 Å². The molecule has 1 atom stereocenters. The monoisotopic (exact) mass is 262 g/mol. The molecule has 1 aromatic carbocycles. The third-order valence-corrected chi connectivity index (χ3v) is 3.77. The molecule has 0 spiro atoms. The van der Waals surface area contributed by atoms with E-state index >= 15 is 0 Å². The van der Waals surface area contributed by atoms with Gasteiger partial charge >= 0.3 is 0 Å². The van der Waals surface area contributed by atoms with Crippen LogP contribution in [-0.2, 0) is 17.7 Å². The van der Waals surface area contributed by atoms with E-state index < -0.39 is 0 Å². The predicted molar refractivity (Wildman–Crippen MR) is 80.8 cm³/mol. The third-order valence-electron chi connectivity index (χ3n) is 3.77. The number of rotatable bonds is 6. The van der Waals surface area contributed by atoms with Gasteiger partial charge in [-0.05, 0) is 36.0 Å². The summed E-state index contributed by atoms with van der Waals surface area (Å²) in [4.78, 5) is 2.36. The van der Waals surface area contributed by atoms with E-state index in [0.29, 0.717) is 5.92 Å². The molecule has 1 aromatic rings. The molecule has 0 bridgehead atoms. The number of fused-ring (bicyclic) bond motifs is 1. The van der Waals surface area contributed by atoms with Crippen LogP contribution in [0.2, 0.25) is 0 Å². The molecule has 0 saturated heterocycles. The summed E-state index contributed by atoms with van der Waals surface area (Å²) < 4.78 is 5.15. The SMILES string of the molecule is COCC(C)CNCc1ccc2c(c1)CCCN2C. The van der Waals surface area contributed by atoms with Crippen LogP contribution < -0.4 is 10.2 Å². The van der Waals surface area contributed by atoms with Gasteiger partial charge in [0.1, 0.15) is 0 Å². The number of nitrogens with zero attached hydrogens (tertiary/aromatic N) is 1. The highest BCUT2D eigenvalue weighted by molar-refractivity contribution is 5.56. The summed E-state index contributed by atoms with van der Waals surface area (Å²) in [6, 6.07) is 6.87. The number of benzene rings is 1. The van der Waals surface area contributed by atoms with Crippen molar-refractivity contribution < 1.29 is 4.74 Å². The average molecular weight is 262 g/mol. The Morgan fingerprint density at radius 1 is 1.42 bits per heavy atom. The fraction of sp³-hybridized carbons (Fsp3) is 0.625. The second-order valence-electron chi connectivity index (χ2n) is 5.68. The first-order valence-corrected chi connectivity index (χ1v) is 7.23. The van der Waals surface area contributed by atoms with E-state index in [1.165, 1.54) is 36.2 Å². The van der Waals surface area contributed by atoms with Crippen LogP contribution in [-0.4, -0.2) is 33.9 Å². The molecule has 1 N–H and O–H groups in total. The molecular weight excluding hydrogens is 236 g/mol. The van der Waals surface area contributed by atoms with Crippen LogP contribution in [0.15, 0.2) is 18.2 Å². The Hall–Kier alpha value is -1.06. The lowest BCUT2D eigenvalue weighted by atomic mass is 9.99. The summed E-state index contributed by atoms with van der Waals surface area (Å²) in [6.45, 7) is 6.16. The van der Waals surface area contributed by atoms with Gasteiger partial charge in [0, 0.05) is 46.1 Å². The molecule has 0 amide bonds. The van der Waals surface area contributed by atoms with Gasteiger partial charge in [-0.25, -0.2) is 0 Å². The smallest absolute Gasteiger partial charge is 0.0499 e. The summed E-state index contributed by atoms with van der Waals surface area (Å²) >= 11 is 0. The maximum absolute atomic E-state index is 5.15. The van der Waals surface area contributed by atoms with Crippen LogP contribution in [0.25, 0.3) is 0 Å². The molecule has 0 saturated carbocycles. The highest BCUT2D eigenvalue weighted by atomic mass is 16.5. The first-order chi connectivity index (χ1) is 9.20. The summed E-state index contributed by atoms with van der Waals surface area (Å²) in [5.74, 6) is 0.564. The van der Waals surface area contributed by atoms with Crippen LogP contribution in [0.3, 0.4) is 0 Å². The number of nitrogens with one attached hydrogen (secondary N) is 1. The van der Waals surface area contributed by atoms with Gasteiger partial charge in [-0.2, -0.15) is 0 Å². The lowest BCUT2D eigenvalue weighted by Crippen LogP contribution is -2.25. The van der Waals surface area contributed by atoms with Crippen LogP contribution in [0.5, 0.6) is 0 Å². The molecule has 1 aliphatic rings. The number of hydrogen-bond acceptors (Lipinski definition) is 3. The zero-order valence-corrected chi connectivity index (χ0v) is 12.4. The van der Waals surface area contributed by atoms with Gasteiger partial charge in [0.05, 0.1) is 0 Å². The minimum atomic E-state index is 0.564. The molecule has 19 heavy (non-hydrogen) atoms. The normalized spacial score (nSPS) is 16.3. The van der Waals surface area contributed by atoms with E-state index in [9.17, 15) is 0 Å². The van der Waals surface area contributed by atoms with Crippen LogP contribution in [0.1, 0.15) is 24.5 Å². The van der Waals surface area contributed by atoms with Crippen molar-refractivity contribution in [1.29, 1.82) is 0 Å². The molecule has 106 valence electrons. The molecule has 3 heteroatoms. The van der Waals surface area contributed by atoms with E-state index in [1.54, 1.807) is 7.11 Å². The Bertz CT molecular complexity index is 406. The summed E-state index contributed by atoms with van der Waals surface area (Å²) in [6.07, 6.45) is 2.48. The lowest BCUT2D eigenvalue weighted by Gasteiger charge is -2.28. The standard InChI is InChI=1S/C16H26N2O/c1-13(12-19-3)10-17-11-14-6-7-16-15(9-14)5-4-8-18(16)2/h6-7,9,13,17H,4-5,8,10-12H2,1-3H3. The zero-order chi connectivity index (χ0) is 13.7. The third kappa shape index (κ3) is 3.95. The van der Waals surface area contributed by atoms with Crippen LogP contribution >= 0.6 is 0 Å². The van der Waals surface area contributed by atoms with Crippen molar-refractivity contribution in [3.05, 3.63) is 29.3 Å². The van der Waals surface area contributed by atoms with Gasteiger partial charge in [0.25, 0.3) is 0 Å². The van der Waals surface area contributed by atoms with Gasteiger partial charge < -0.3 is 15.0 Å². The molecule has 1 heterocycles. The van der Waals surface area contributed by atoms with E-state index in [0.717, 1.165) is 19.7 Å². The number of aryl methyl sites for hydroxylation is 1. The van der Waals surface area contributed by atoms with Crippen molar-refractivity contribution in [2.45, 2.75) is 26.3 Å². The maximum atomic E-state index is 5.15. The molecule has 1 unspecified atom stereocenters. The van der Waals surface area contributed by atoms with Crippen molar-refractivity contribution in [2.75, 3.05) is 38.8 Å². The van der Waals surface area contributed by atoms with Crippen molar-refractivity contribution in [1.82, 2.24) is 5.32 Å². The predicted octanol–water partition coefficient (Wildman–Crippen LogP) is 2.44. The van der Waals surface area contributed by atoms with Gasteiger partial charge in [0.15, 0.2) is 0 Å². The summed E-state index contributed by atoms with van der Waals surface area (Å²) in [7, 11) is 3.94. The van der Waals surface area contributed by atoms with Crippen LogP contribution in [0.4, 0.5) is 5.69 Å². The number of ether oxygens (including phenoxy) is 1. The van der Waals surface area contributed by atoms with Gasteiger partial charge in [-0.1, -0.05) is 19.1 Å². The number of methoxy groups -OCH3 is 1. The van der Waals surface area contributed by atoms with E-state index in [1.807, 2.05) is 0 Å². The molecule has 0 aliphatic carbocycles. The highest BCUT2D eigenvalue weighted by Gasteiger charge is 2.13. The van der Waals surface area contributed by atoms with Gasteiger partial charge in [-0.15, -0.1) is 0 Å². The molecule has 0 fully saturated rings. The number of anilines is 1. The Balaban J connectivity index is 1.88. The van der Waals surface area contributed by atoms with Gasteiger partial charge in [-0.3, -0.25) is 0 Å². The Labute approximate surface area is 116 Å². The highest BCUT2D eigenvalue weighted by Crippen LogP contribution is 2.26. The molecular formula is C16H26N2O. The molecule has 3 nitrogen and oxygen atoms in total. The second kappa shape index (κ2) is 6.92. The quantitative estimate of drug-likeness (QED) is 0.852. The zero-order valence-electron chi connectivity index (χ0n) is 12.4. The van der Waals surface area contributed by atoms with Gasteiger partial charge in [0.2, 0.25) is 0 Å². The summed E-state index contributed by atoms with van der Waals surface area (Å²) in [5.41, 5.74) is 4.29. The van der Waals surface area contributed by atoms with E-state index in [-0.39, 0.29) is 0 Å².